The standard InChI is InChI=1S/C16H24N4O4/c1-24-6-3-17-15(22)13-9-18-20-5-2-4-19(10-14(13)20)16(23)11-7-12(21)8-11/h9,11-12,21H,2-8,10H2,1H3,(H,17,22). The summed E-state index contributed by atoms with van der Waals surface area (Å²) in [5, 5.41) is 16.5. The fourth-order valence-electron chi connectivity index (χ4n) is 3.23. The Bertz CT molecular complexity index is 609. The van der Waals surface area contributed by atoms with Gasteiger partial charge in [0.1, 0.15) is 0 Å². The van der Waals surface area contributed by atoms with Gasteiger partial charge in [0, 0.05) is 32.7 Å². The summed E-state index contributed by atoms with van der Waals surface area (Å²) in [6, 6.07) is 0. The molecule has 1 aliphatic carbocycles. The highest BCUT2D eigenvalue weighted by molar-refractivity contribution is 5.95. The van der Waals surface area contributed by atoms with Gasteiger partial charge in [0.05, 0.1) is 36.7 Å². The molecule has 1 fully saturated rings. The molecule has 0 radical (unpaired) electrons. The zero-order chi connectivity index (χ0) is 17.1. The summed E-state index contributed by atoms with van der Waals surface area (Å²) in [7, 11) is 1.58. The van der Waals surface area contributed by atoms with E-state index in [1.54, 1.807) is 18.2 Å². The average molecular weight is 336 g/mol. The van der Waals surface area contributed by atoms with Crippen LogP contribution in [0.2, 0.25) is 0 Å². The van der Waals surface area contributed by atoms with Gasteiger partial charge >= 0.3 is 0 Å². The maximum atomic E-state index is 12.6. The first-order valence-corrected chi connectivity index (χ1v) is 8.38. The third-order valence-electron chi connectivity index (χ3n) is 4.70. The Morgan fingerprint density at radius 1 is 1.42 bits per heavy atom. The first-order valence-electron chi connectivity index (χ1n) is 8.38. The van der Waals surface area contributed by atoms with Crippen LogP contribution in [0.1, 0.15) is 35.3 Å². The highest BCUT2D eigenvalue weighted by atomic mass is 16.5. The molecule has 24 heavy (non-hydrogen) atoms. The molecule has 132 valence electrons. The number of methoxy groups -OCH3 is 1. The van der Waals surface area contributed by atoms with Crippen molar-refractivity contribution in [3.05, 3.63) is 17.5 Å². The smallest absolute Gasteiger partial charge is 0.254 e. The molecule has 2 N–H and O–H groups in total. The van der Waals surface area contributed by atoms with Gasteiger partial charge in [-0.15, -0.1) is 0 Å². The van der Waals surface area contributed by atoms with Crippen LogP contribution in [0.5, 0.6) is 0 Å². The summed E-state index contributed by atoms with van der Waals surface area (Å²) in [5.41, 5.74) is 1.29. The Hall–Kier alpha value is -1.93. The molecule has 8 heteroatoms. The molecule has 0 unspecified atom stereocenters. The van der Waals surface area contributed by atoms with Crippen LogP contribution in [0.15, 0.2) is 6.20 Å². The molecule has 0 saturated heterocycles. The van der Waals surface area contributed by atoms with Crippen molar-refractivity contribution in [2.24, 2.45) is 5.92 Å². The molecule has 1 aromatic heterocycles. The van der Waals surface area contributed by atoms with E-state index in [4.69, 9.17) is 4.74 Å². The molecule has 2 amide bonds. The van der Waals surface area contributed by atoms with Gasteiger partial charge in [-0.25, -0.2) is 0 Å². The van der Waals surface area contributed by atoms with Gasteiger partial charge in [-0.2, -0.15) is 5.10 Å². The van der Waals surface area contributed by atoms with Crippen molar-refractivity contribution in [3.63, 3.8) is 0 Å². The zero-order valence-corrected chi connectivity index (χ0v) is 13.9. The Balaban J connectivity index is 1.70. The fourth-order valence-corrected chi connectivity index (χ4v) is 3.23. The number of carbonyl (C=O) groups is 2. The van der Waals surface area contributed by atoms with Crippen LogP contribution in [0.3, 0.4) is 0 Å². The molecular formula is C16H24N4O4. The van der Waals surface area contributed by atoms with Crippen LogP contribution in [0, 0.1) is 5.92 Å². The van der Waals surface area contributed by atoms with Crippen LogP contribution in [0.4, 0.5) is 0 Å². The molecule has 2 aliphatic rings. The SMILES string of the molecule is COCCNC(=O)c1cnn2c1CN(C(=O)C1CC(O)C1)CCC2. The number of ether oxygens (including phenoxy) is 1. The van der Waals surface area contributed by atoms with Crippen LogP contribution in [0.25, 0.3) is 0 Å². The second-order valence-corrected chi connectivity index (χ2v) is 6.41. The Morgan fingerprint density at radius 2 is 2.21 bits per heavy atom. The van der Waals surface area contributed by atoms with Crippen LogP contribution in [-0.4, -0.2) is 64.5 Å². The number of aliphatic hydroxyl groups is 1. The molecule has 0 aromatic carbocycles. The molecular weight excluding hydrogens is 312 g/mol. The number of nitrogens with one attached hydrogen (secondary N) is 1. The maximum absolute atomic E-state index is 12.6. The van der Waals surface area contributed by atoms with Gasteiger partial charge in [-0.05, 0) is 19.3 Å². The normalized spacial score (nSPS) is 23.2. The first-order chi connectivity index (χ1) is 11.6. The quantitative estimate of drug-likeness (QED) is 0.724. The van der Waals surface area contributed by atoms with E-state index in [1.807, 2.05) is 4.68 Å². The number of hydrogen-bond donors (Lipinski definition) is 2. The monoisotopic (exact) mass is 336 g/mol. The van der Waals surface area contributed by atoms with E-state index in [0.29, 0.717) is 51.2 Å². The Morgan fingerprint density at radius 3 is 2.92 bits per heavy atom. The van der Waals surface area contributed by atoms with Crippen molar-refractivity contribution in [3.8, 4) is 0 Å². The van der Waals surface area contributed by atoms with Crippen molar-refractivity contribution >= 4 is 11.8 Å². The highest BCUT2D eigenvalue weighted by Crippen LogP contribution is 2.30. The third-order valence-corrected chi connectivity index (χ3v) is 4.70. The van der Waals surface area contributed by atoms with E-state index < -0.39 is 0 Å². The van der Waals surface area contributed by atoms with Gasteiger partial charge in [0.2, 0.25) is 5.91 Å². The maximum Gasteiger partial charge on any atom is 0.254 e. The van der Waals surface area contributed by atoms with Crippen LogP contribution in [-0.2, 0) is 22.6 Å². The van der Waals surface area contributed by atoms with E-state index in [2.05, 4.69) is 10.4 Å². The number of aromatic nitrogens is 2. The van der Waals surface area contributed by atoms with Crippen molar-refractivity contribution < 1.29 is 19.4 Å². The van der Waals surface area contributed by atoms with E-state index in [9.17, 15) is 14.7 Å². The molecule has 1 aliphatic heterocycles. The lowest BCUT2D eigenvalue weighted by atomic mass is 9.81. The van der Waals surface area contributed by atoms with Gasteiger partial charge in [0.15, 0.2) is 0 Å². The summed E-state index contributed by atoms with van der Waals surface area (Å²) in [6.07, 6.45) is 3.11. The molecule has 8 nitrogen and oxygen atoms in total. The number of hydrogen-bond acceptors (Lipinski definition) is 5. The topological polar surface area (TPSA) is 96.7 Å². The van der Waals surface area contributed by atoms with E-state index in [1.165, 1.54) is 0 Å². The van der Waals surface area contributed by atoms with Crippen molar-refractivity contribution in [2.45, 2.75) is 38.5 Å². The molecule has 0 spiro atoms. The van der Waals surface area contributed by atoms with E-state index in [-0.39, 0.29) is 23.8 Å². The van der Waals surface area contributed by atoms with E-state index in [0.717, 1.165) is 12.1 Å². The molecule has 0 atom stereocenters. The number of aliphatic hydroxyl groups excluding tert-OH is 1. The largest absolute Gasteiger partial charge is 0.393 e. The van der Waals surface area contributed by atoms with E-state index >= 15 is 0 Å². The number of fused-ring (bicyclic) bond motifs is 1. The lowest BCUT2D eigenvalue weighted by molar-refractivity contribution is -0.143. The number of aryl methyl sites for hydroxylation is 1. The Labute approximate surface area is 140 Å². The highest BCUT2D eigenvalue weighted by Gasteiger charge is 2.36. The number of carbonyl (C=O) groups excluding carboxylic acids is 2. The minimum atomic E-state index is -0.349. The predicted octanol–water partition coefficient (Wildman–Crippen LogP) is -0.237. The average Bonchev–Trinajstić information content (AvgIpc) is 2.81. The molecule has 1 aromatic rings. The van der Waals surface area contributed by atoms with Crippen molar-refractivity contribution in [1.29, 1.82) is 0 Å². The van der Waals surface area contributed by atoms with Gasteiger partial charge < -0.3 is 20.1 Å². The minimum absolute atomic E-state index is 0.0701. The fraction of sp³-hybridized carbons (Fsp3) is 0.688. The summed E-state index contributed by atoms with van der Waals surface area (Å²) in [4.78, 5) is 26.7. The number of amides is 2. The van der Waals surface area contributed by atoms with Gasteiger partial charge in [0.25, 0.3) is 5.91 Å². The van der Waals surface area contributed by atoms with Crippen LogP contribution >= 0.6 is 0 Å². The number of rotatable bonds is 5. The summed E-state index contributed by atoms with van der Waals surface area (Å²) in [5.74, 6) is -0.212. The lowest BCUT2D eigenvalue weighted by Crippen LogP contribution is -2.43. The summed E-state index contributed by atoms with van der Waals surface area (Å²) in [6.45, 7) is 2.61. The minimum Gasteiger partial charge on any atom is -0.393 e. The van der Waals surface area contributed by atoms with Gasteiger partial charge in [-0.3, -0.25) is 14.3 Å². The third kappa shape index (κ3) is 3.44. The predicted molar refractivity (Wildman–Crippen MR) is 85.2 cm³/mol. The van der Waals surface area contributed by atoms with Crippen molar-refractivity contribution in [2.75, 3.05) is 26.8 Å². The first kappa shape index (κ1) is 16.9. The molecule has 1 saturated carbocycles. The Kier molecular flexibility index (Phi) is 5.15. The lowest BCUT2D eigenvalue weighted by Gasteiger charge is -2.34. The summed E-state index contributed by atoms with van der Waals surface area (Å²) >= 11 is 0. The molecule has 0 bridgehead atoms. The second-order valence-electron chi connectivity index (χ2n) is 6.41. The zero-order valence-electron chi connectivity index (χ0n) is 13.9. The molecule has 3 rings (SSSR count). The van der Waals surface area contributed by atoms with Crippen molar-refractivity contribution in [1.82, 2.24) is 20.0 Å². The van der Waals surface area contributed by atoms with Gasteiger partial charge in [-0.1, -0.05) is 0 Å². The number of nitrogens with zero attached hydrogens (tertiary/aromatic N) is 3. The molecule has 2 heterocycles. The summed E-state index contributed by atoms with van der Waals surface area (Å²) < 4.78 is 6.75. The second kappa shape index (κ2) is 7.31. The van der Waals surface area contributed by atoms with Crippen LogP contribution < -0.4 is 5.32 Å².